The number of rotatable bonds is 3. The fraction of sp³-hybridized carbons (Fsp3) is 0.300. The minimum atomic E-state index is -0.692. The minimum Gasteiger partial charge on any atom is -0.390 e. The molecular formula is C30H31N5O. The van der Waals surface area contributed by atoms with Gasteiger partial charge in [-0.05, 0) is 37.0 Å². The summed E-state index contributed by atoms with van der Waals surface area (Å²) in [5.41, 5.74) is 12.9. The van der Waals surface area contributed by atoms with Crippen LogP contribution < -0.4 is 5.73 Å². The second-order valence-corrected chi connectivity index (χ2v) is 11.6. The molecule has 0 unspecified atom stereocenters. The van der Waals surface area contributed by atoms with E-state index in [1.54, 1.807) is 0 Å². The Bertz CT molecular complexity index is 1590. The molecule has 1 aliphatic rings. The molecule has 5 aromatic rings. The van der Waals surface area contributed by atoms with Crippen LogP contribution in [-0.4, -0.2) is 30.3 Å². The molecule has 0 amide bonds. The minimum absolute atomic E-state index is 0.0903. The van der Waals surface area contributed by atoms with Gasteiger partial charge >= 0.3 is 0 Å². The summed E-state index contributed by atoms with van der Waals surface area (Å²) in [6, 6.07) is 22.8. The van der Waals surface area contributed by atoms with Gasteiger partial charge in [0, 0.05) is 39.7 Å². The molecule has 1 aliphatic carbocycles. The van der Waals surface area contributed by atoms with Crippen LogP contribution in [0.5, 0.6) is 0 Å². The van der Waals surface area contributed by atoms with Crippen LogP contribution in [-0.2, 0) is 11.0 Å². The number of hydrogen-bond acceptors (Lipinski definition) is 5. The van der Waals surface area contributed by atoms with Crippen molar-refractivity contribution in [3.8, 4) is 22.4 Å². The SMILES string of the molecule is CC(C)(C)c1cc2ncc3cc(-c4ccccc4)c(-c4ccc([C@]5(N)C[C@](C)(O)C5)cc4)nc3n2n1. The van der Waals surface area contributed by atoms with Crippen LogP contribution in [0.4, 0.5) is 0 Å². The maximum atomic E-state index is 10.2. The highest BCUT2D eigenvalue weighted by Gasteiger charge is 2.49. The van der Waals surface area contributed by atoms with Gasteiger partial charge < -0.3 is 10.8 Å². The summed E-state index contributed by atoms with van der Waals surface area (Å²) in [6.07, 6.45) is 3.00. The lowest BCUT2D eigenvalue weighted by atomic mass is 9.63. The van der Waals surface area contributed by atoms with Gasteiger partial charge in [-0.1, -0.05) is 75.4 Å². The van der Waals surface area contributed by atoms with Crippen molar-refractivity contribution < 1.29 is 5.11 Å². The zero-order valence-electron chi connectivity index (χ0n) is 21.2. The van der Waals surface area contributed by atoms with Gasteiger partial charge in [-0.3, -0.25) is 0 Å². The van der Waals surface area contributed by atoms with Crippen molar-refractivity contribution in [1.82, 2.24) is 19.6 Å². The molecular weight excluding hydrogens is 446 g/mol. The van der Waals surface area contributed by atoms with Gasteiger partial charge in [0.15, 0.2) is 11.3 Å². The van der Waals surface area contributed by atoms with E-state index in [9.17, 15) is 5.11 Å². The van der Waals surface area contributed by atoms with E-state index in [0.29, 0.717) is 12.8 Å². The summed E-state index contributed by atoms with van der Waals surface area (Å²) in [5, 5.41) is 16.1. The molecule has 1 fully saturated rings. The van der Waals surface area contributed by atoms with Crippen molar-refractivity contribution in [1.29, 1.82) is 0 Å². The highest BCUT2D eigenvalue weighted by Crippen LogP contribution is 2.46. The smallest absolute Gasteiger partial charge is 0.165 e. The molecule has 0 radical (unpaired) electrons. The monoisotopic (exact) mass is 477 g/mol. The van der Waals surface area contributed by atoms with Gasteiger partial charge in [0.2, 0.25) is 0 Å². The summed E-state index contributed by atoms with van der Waals surface area (Å²) in [7, 11) is 0. The molecule has 36 heavy (non-hydrogen) atoms. The van der Waals surface area contributed by atoms with Gasteiger partial charge in [0.05, 0.1) is 17.0 Å². The zero-order valence-corrected chi connectivity index (χ0v) is 21.2. The molecule has 6 heteroatoms. The van der Waals surface area contributed by atoms with Crippen LogP contribution in [0.15, 0.2) is 72.9 Å². The average Bonchev–Trinajstić information content (AvgIpc) is 3.28. The molecule has 3 N–H and O–H groups in total. The van der Waals surface area contributed by atoms with Crippen LogP contribution >= 0.6 is 0 Å². The number of nitrogens with zero attached hydrogens (tertiary/aromatic N) is 4. The van der Waals surface area contributed by atoms with Crippen molar-refractivity contribution in [3.63, 3.8) is 0 Å². The Morgan fingerprint density at radius 3 is 2.28 bits per heavy atom. The lowest BCUT2D eigenvalue weighted by Crippen LogP contribution is -2.58. The van der Waals surface area contributed by atoms with Crippen LogP contribution in [0.2, 0.25) is 0 Å². The molecule has 3 aromatic heterocycles. The van der Waals surface area contributed by atoms with Crippen LogP contribution in [0.25, 0.3) is 39.1 Å². The zero-order chi connectivity index (χ0) is 25.3. The molecule has 0 atom stereocenters. The normalized spacial score (nSPS) is 22.2. The van der Waals surface area contributed by atoms with Crippen LogP contribution in [0, 0.1) is 0 Å². The number of hydrogen-bond donors (Lipinski definition) is 2. The van der Waals surface area contributed by atoms with E-state index in [4.69, 9.17) is 15.8 Å². The molecule has 6 rings (SSSR count). The Balaban J connectivity index is 1.53. The Morgan fingerprint density at radius 1 is 0.944 bits per heavy atom. The molecule has 0 saturated heterocycles. The Kier molecular flexibility index (Phi) is 4.88. The first-order valence-electron chi connectivity index (χ1n) is 12.4. The van der Waals surface area contributed by atoms with E-state index in [2.05, 4.69) is 68.2 Å². The molecule has 0 spiro atoms. The highest BCUT2D eigenvalue weighted by atomic mass is 16.3. The fourth-order valence-corrected chi connectivity index (χ4v) is 5.43. The van der Waals surface area contributed by atoms with Crippen molar-refractivity contribution in [2.75, 3.05) is 0 Å². The lowest BCUT2D eigenvalue weighted by molar-refractivity contribution is -0.0738. The number of pyridine rings is 1. The maximum absolute atomic E-state index is 10.2. The van der Waals surface area contributed by atoms with E-state index in [-0.39, 0.29) is 5.41 Å². The van der Waals surface area contributed by atoms with Gasteiger partial charge in [-0.2, -0.15) is 9.61 Å². The topological polar surface area (TPSA) is 89.3 Å². The summed E-state index contributed by atoms with van der Waals surface area (Å²) in [6.45, 7) is 8.29. The van der Waals surface area contributed by atoms with E-state index in [0.717, 1.165) is 50.3 Å². The first kappa shape index (κ1) is 22.8. The Hall–Kier alpha value is -3.61. The molecule has 3 heterocycles. The van der Waals surface area contributed by atoms with Crippen LogP contribution in [0.1, 0.15) is 51.8 Å². The first-order valence-corrected chi connectivity index (χ1v) is 12.4. The number of nitrogens with two attached hydrogens (primary N) is 1. The molecule has 182 valence electrons. The van der Waals surface area contributed by atoms with Gasteiger partial charge in [-0.15, -0.1) is 0 Å². The highest BCUT2D eigenvalue weighted by molar-refractivity contribution is 5.90. The average molecular weight is 478 g/mol. The quantitative estimate of drug-likeness (QED) is 0.353. The number of benzene rings is 2. The van der Waals surface area contributed by atoms with E-state index in [1.807, 2.05) is 41.9 Å². The predicted molar refractivity (Wildman–Crippen MR) is 144 cm³/mol. The second-order valence-electron chi connectivity index (χ2n) is 11.6. The third-order valence-electron chi connectivity index (χ3n) is 7.24. The van der Waals surface area contributed by atoms with Crippen molar-refractivity contribution in [3.05, 3.63) is 84.2 Å². The lowest BCUT2D eigenvalue weighted by Gasteiger charge is -2.49. The first-order chi connectivity index (χ1) is 17.0. The van der Waals surface area contributed by atoms with Crippen molar-refractivity contribution in [2.24, 2.45) is 5.73 Å². The molecule has 0 bridgehead atoms. The Morgan fingerprint density at radius 2 is 1.64 bits per heavy atom. The standard InChI is InChI=1S/C30H31N5O/c1-28(2,3)24-15-25-32-16-21-14-23(19-8-6-5-7-9-19)26(33-27(21)35(25)34-24)20-10-12-22(13-11-20)30(31)17-29(4,36)18-30/h5-16,36H,17-18,31H2,1-4H3/t29-,30-. The fourth-order valence-electron chi connectivity index (χ4n) is 5.43. The maximum Gasteiger partial charge on any atom is 0.165 e. The van der Waals surface area contributed by atoms with Gasteiger partial charge in [0.25, 0.3) is 0 Å². The Labute approximate surface area is 210 Å². The van der Waals surface area contributed by atoms with Gasteiger partial charge in [0.1, 0.15) is 0 Å². The number of fused-ring (bicyclic) bond motifs is 3. The summed E-state index contributed by atoms with van der Waals surface area (Å²) >= 11 is 0. The van der Waals surface area contributed by atoms with Crippen molar-refractivity contribution in [2.45, 2.75) is 57.1 Å². The van der Waals surface area contributed by atoms with Crippen molar-refractivity contribution >= 4 is 16.7 Å². The van der Waals surface area contributed by atoms with E-state index in [1.165, 1.54) is 0 Å². The summed E-state index contributed by atoms with van der Waals surface area (Å²) < 4.78 is 1.86. The molecule has 1 saturated carbocycles. The second kappa shape index (κ2) is 7.69. The van der Waals surface area contributed by atoms with Crippen LogP contribution in [0.3, 0.4) is 0 Å². The van der Waals surface area contributed by atoms with Gasteiger partial charge in [-0.25, -0.2) is 9.97 Å². The molecule has 6 nitrogen and oxygen atoms in total. The molecule has 2 aromatic carbocycles. The molecule has 0 aliphatic heterocycles. The van der Waals surface area contributed by atoms with E-state index < -0.39 is 11.1 Å². The number of aliphatic hydroxyl groups is 1. The summed E-state index contributed by atoms with van der Waals surface area (Å²) in [5.74, 6) is 0. The summed E-state index contributed by atoms with van der Waals surface area (Å²) in [4.78, 5) is 9.86. The largest absolute Gasteiger partial charge is 0.390 e. The van der Waals surface area contributed by atoms with E-state index >= 15 is 0 Å². The third kappa shape index (κ3) is 3.77. The number of aromatic nitrogens is 4. The predicted octanol–water partition coefficient (Wildman–Crippen LogP) is 5.61. The third-order valence-corrected chi connectivity index (χ3v) is 7.24.